The molecule has 0 saturated carbocycles. The number of aromatic nitrogens is 3. The van der Waals surface area contributed by atoms with Gasteiger partial charge in [0, 0.05) is 54.9 Å². The van der Waals surface area contributed by atoms with Crippen LogP contribution in [0.1, 0.15) is 18.4 Å². The van der Waals surface area contributed by atoms with E-state index in [2.05, 4.69) is 50.2 Å². The zero-order valence-corrected chi connectivity index (χ0v) is 17.3. The molecular weight excluding hydrogens is 378 g/mol. The molecule has 3 aromatic rings. The van der Waals surface area contributed by atoms with Crippen molar-refractivity contribution in [2.75, 3.05) is 38.3 Å². The normalized spacial score (nSPS) is 16.8. The van der Waals surface area contributed by atoms with E-state index in [1.165, 1.54) is 11.3 Å². The average Bonchev–Trinajstić information content (AvgIpc) is 3.27. The molecule has 7 nitrogen and oxygen atoms in total. The Labute approximate surface area is 176 Å². The maximum absolute atomic E-state index is 5.75. The van der Waals surface area contributed by atoms with Crippen molar-refractivity contribution in [3.05, 3.63) is 54.5 Å². The number of ether oxygens (including phenoxy) is 2. The van der Waals surface area contributed by atoms with Gasteiger partial charge in [0.25, 0.3) is 0 Å². The zero-order valence-electron chi connectivity index (χ0n) is 17.3. The molecule has 1 N–H and O–H groups in total. The van der Waals surface area contributed by atoms with Crippen LogP contribution in [0.4, 0.5) is 5.69 Å². The summed E-state index contributed by atoms with van der Waals surface area (Å²) in [6, 6.07) is 10.8. The number of anilines is 1. The minimum Gasteiger partial charge on any atom is -0.486 e. The van der Waals surface area contributed by atoms with E-state index in [0.29, 0.717) is 19.3 Å². The number of benzene rings is 1. The molecular formula is C23H27N5O2. The molecule has 0 atom stereocenters. The van der Waals surface area contributed by atoms with Crippen LogP contribution >= 0.6 is 0 Å². The van der Waals surface area contributed by atoms with Crippen molar-refractivity contribution in [1.29, 1.82) is 0 Å². The number of rotatable bonds is 5. The quantitative estimate of drug-likeness (QED) is 0.702. The van der Waals surface area contributed by atoms with E-state index in [1.807, 2.05) is 30.7 Å². The number of aromatic amines is 1. The molecule has 4 heterocycles. The van der Waals surface area contributed by atoms with Crippen LogP contribution in [0.15, 0.2) is 48.9 Å². The van der Waals surface area contributed by atoms with Gasteiger partial charge < -0.3 is 14.4 Å². The van der Waals surface area contributed by atoms with Crippen LogP contribution in [0.2, 0.25) is 0 Å². The summed E-state index contributed by atoms with van der Waals surface area (Å²) in [6.07, 6.45) is 7.97. The second-order valence-corrected chi connectivity index (χ2v) is 7.97. The average molecular weight is 406 g/mol. The molecule has 0 amide bonds. The van der Waals surface area contributed by atoms with Crippen molar-refractivity contribution in [2.24, 2.45) is 0 Å². The van der Waals surface area contributed by atoms with Gasteiger partial charge in [0.1, 0.15) is 13.2 Å². The molecule has 2 aliphatic heterocycles. The van der Waals surface area contributed by atoms with Gasteiger partial charge in [0.05, 0.1) is 11.9 Å². The predicted molar refractivity (Wildman–Crippen MR) is 116 cm³/mol. The SMILES string of the molecule is CN(Cc1cn[nH]c1-c1ccc2c(c1)OCCO2)C1CCN(c2ccncc2)CC1. The Morgan fingerprint density at radius 1 is 1.07 bits per heavy atom. The summed E-state index contributed by atoms with van der Waals surface area (Å²) >= 11 is 0. The van der Waals surface area contributed by atoms with E-state index >= 15 is 0 Å². The van der Waals surface area contributed by atoms with Gasteiger partial charge in [-0.15, -0.1) is 0 Å². The van der Waals surface area contributed by atoms with Crippen LogP contribution in [0, 0.1) is 0 Å². The van der Waals surface area contributed by atoms with E-state index in [1.54, 1.807) is 0 Å². The molecule has 2 aromatic heterocycles. The molecule has 0 aliphatic carbocycles. The number of fused-ring (bicyclic) bond motifs is 1. The first-order chi connectivity index (χ1) is 14.8. The second kappa shape index (κ2) is 8.36. The minimum atomic E-state index is 0.561. The topological polar surface area (TPSA) is 66.5 Å². The van der Waals surface area contributed by atoms with Gasteiger partial charge in [0.15, 0.2) is 11.5 Å². The largest absolute Gasteiger partial charge is 0.486 e. The summed E-state index contributed by atoms with van der Waals surface area (Å²) in [5.41, 5.74) is 4.59. The molecule has 5 rings (SSSR count). The molecule has 1 aromatic carbocycles. The van der Waals surface area contributed by atoms with Crippen molar-refractivity contribution in [2.45, 2.75) is 25.4 Å². The highest BCUT2D eigenvalue weighted by Crippen LogP contribution is 2.35. The number of hydrogen-bond donors (Lipinski definition) is 1. The molecule has 1 fully saturated rings. The van der Waals surface area contributed by atoms with Gasteiger partial charge in [-0.3, -0.25) is 15.0 Å². The molecule has 0 bridgehead atoms. The first-order valence-electron chi connectivity index (χ1n) is 10.6. The third-order valence-electron chi connectivity index (χ3n) is 6.08. The van der Waals surface area contributed by atoms with Gasteiger partial charge in [-0.05, 0) is 50.2 Å². The molecule has 0 spiro atoms. The van der Waals surface area contributed by atoms with Crippen LogP contribution in [-0.2, 0) is 6.54 Å². The number of nitrogens with zero attached hydrogens (tertiary/aromatic N) is 4. The van der Waals surface area contributed by atoms with Crippen molar-refractivity contribution < 1.29 is 9.47 Å². The summed E-state index contributed by atoms with van der Waals surface area (Å²) in [6.45, 7) is 4.19. The van der Waals surface area contributed by atoms with E-state index in [-0.39, 0.29) is 0 Å². The monoisotopic (exact) mass is 405 g/mol. The van der Waals surface area contributed by atoms with Gasteiger partial charge >= 0.3 is 0 Å². The molecule has 30 heavy (non-hydrogen) atoms. The number of piperidine rings is 1. The Kier molecular flexibility index (Phi) is 5.27. The third kappa shape index (κ3) is 3.85. The van der Waals surface area contributed by atoms with E-state index in [4.69, 9.17) is 9.47 Å². The summed E-state index contributed by atoms with van der Waals surface area (Å²) in [4.78, 5) is 9.03. The Balaban J connectivity index is 1.25. The summed E-state index contributed by atoms with van der Waals surface area (Å²) in [7, 11) is 2.22. The third-order valence-corrected chi connectivity index (χ3v) is 6.08. The van der Waals surface area contributed by atoms with Crippen molar-refractivity contribution in [1.82, 2.24) is 20.1 Å². The lowest BCUT2D eigenvalue weighted by Crippen LogP contribution is -2.43. The van der Waals surface area contributed by atoms with Crippen LogP contribution in [0.5, 0.6) is 11.5 Å². The number of hydrogen-bond acceptors (Lipinski definition) is 6. The first-order valence-corrected chi connectivity index (χ1v) is 10.6. The van der Waals surface area contributed by atoms with Crippen LogP contribution in [-0.4, -0.2) is 59.5 Å². The van der Waals surface area contributed by atoms with Crippen molar-refractivity contribution >= 4 is 5.69 Å². The van der Waals surface area contributed by atoms with E-state index < -0.39 is 0 Å². The lowest BCUT2D eigenvalue weighted by Gasteiger charge is -2.37. The Morgan fingerprint density at radius 2 is 1.83 bits per heavy atom. The maximum atomic E-state index is 5.75. The smallest absolute Gasteiger partial charge is 0.162 e. The van der Waals surface area contributed by atoms with Crippen molar-refractivity contribution in [3.63, 3.8) is 0 Å². The van der Waals surface area contributed by atoms with Crippen LogP contribution in [0.25, 0.3) is 11.3 Å². The highest BCUT2D eigenvalue weighted by Gasteiger charge is 2.24. The number of H-pyrrole nitrogens is 1. The van der Waals surface area contributed by atoms with Gasteiger partial charge in [-0.25, -0.2) is 0 Å². The molecule has 0 radical (unpaired) electrons. The fourth-order valence-corrected chi connectivity index (χ4v) is 4.40. The highest BCUT2D eigenvalue weighted by atomic mass is 16.6. The summed E-state index contributed by atoms with van der Waals surface area (Å²) in [5, 5.41) is 7.50. The van der Waals surface area contributed by atoms with Crippen LogP contribution in [0.3, 0.4) is 0 Å². The minimum absolute atomic E-state index is 0.561. The Morgan fingerprint density at radius 3 is 2.63 bits per heavy atom. The van der Waals surface area contributed by atoms with Gasteiger partial charge in [-0.1, -0.05) is 0 Å². The molecule has 156 valence electrons. The molecule has 7 heteroatoms. The second-order valence-electron chi connectivity index (χ2n) is 7.97. The highest BCUT2D eigenvalue weighted by molar-refractivity contribution is 5.66. The Hall–Kier alpha value is -3.06. The van der Waals surface area contributed by atoms with Crippen LogP contribution < -0.4 is 14.4 Å². The number of pyridine rings is 1. The van der Waals surface area contributed by atoms with Gasteiger partial charge in [0.2, 0.25) is 0 Å². The van der Waals surface area contributed by atoms with E-state index in [9.17, 15) is 0 Å². The number of nitrogens with one attached hydrogen (secondary N) is 1. The molecule has 2 aliphatic rings. The zero-order chi connectivity index (χ0) is 20.3. The lowest BCUT2D eigenvalue weighted by molar-refractivity contribution is 0.171. The predicted octanol–water partition coefficient (Wildman–Crippen LogP) is 3.34. The fraction of sp³-hybridized carbons (Fsp3) is 0.391. The van der Waals surface area contributed by atoms with Crippen molar-refractivity contribution in [3.8, 4) is 22.8 Å². The maximum Gasteiger partial charge on any atom is 0.162 e. The Bertz CT molecular complexity index is 982. The first kappa shape index (κ1) is 18.9. The molecule has 1 saturated heterocycles. The summed E-state index contributed by atoms with van der Waals surface area (Å²) < 4.78 is 11.4. The lowest BCUT2D eigenvalue weighted by atomic mass is 10.0. The standard InChI is InChI=1S/C23H27N5O2/c1-27(19-6-10-28(11-7-19)20-4-8-24-9-5-20)16-18-15-25-26-23(18)17-2-3-21-22(14-17)30-13-12-29-21/h2-5,8-9,14-15,19H,6-7,10-13,16H2,1H3,(H,25,26). The summed E-state index contributed by atoms with van der Waals surface area (Å²) in [5.74, 6) is 1.61. The fourth-order valence-electron chi connectivity index (χ4n) is 4.40. The molecule has 0 unspecified atom stereocenters. The van der Waals surface area contributed by atoms with Gasteiger partial charge in [-0.2, -0.15) is 5.10 Å². The van der Waals surface area contributed by atoms with E-state index in [0.717, 1.165) is 55.2 Å².